The van der Waals surface area contributed by atoms with Gasteiger partial charge in [0.05, 0.1) is 26.2 Å². The smallest absolute Gasteiger partial charge is 0.244 e. The van der Waals surface area contributed by atoms with Gasteiger partial charge in [-0.05, 0) is 38.0 Å². The number of nitrogens with one attached hydrogen (secondary N) is 1. The van der Waals surface area contributed by atoms with Crippen molar-refractivity contribution < 1.29 is 31.9 Å². The zero-order valence-electron chi connectivity index (χ0n) is 22.3. The predicted molar refractivity (Wildman–Crippen MR) is 143 cm³/mol. The molecular formula is C27H36FN3O6S. The summed E-state index contributed by atoms with van der Waals surface area (Å²) in [6.45, 7) is 0.745. The number of amides is 2. The molecule has 1 aliphatic rings. The first-order valence-electron chi connectivity index (χ1n) is 12.6. The minimum absolute atomic E-state index is 0.0141. The first-order chi connectivity index (χ1) is 18.0. The van der Waals surface area contributed by atoms with E-state index >= 15 is 0 Å². The van der Waals surface area contributed by atoms with E-state index < -0.39 is 34.3 Å². The second kappa shape index (κ2) is 12.9. The topological polar surface area (TPSA) is 105 Å². The average Bonchev–Trinajstić information content (AvgIpc) is 2.90. The van der Waals surface area contributed by atoms with Crippen molar-refractivity contribution >= 4 is 27.5 Å². The molecule has 2 aromatic rings. The Kier molecular flexibility index (Phi) is 9.96. The van der Waals surface area contributed by atoms with Crippen molar-refractivity contribution in [2.45, 2.75) is 57.7 Å². The summed E-state index contributed by atoms with van der Waals surface area (Å²) >= 11 is 0. The quantitative estimate of drug-likeness (QED) is 0.460. The van der Waals surface area contributed by atoms with Crippen molar-refractivity contribution in [1.29, 1.82) is 0 Å². The highest BCUT2D eigenvalue weighted by atomic mass is 32.2. The van der Waals surface area contributed by atoms with Gasteiger partial charge < -0.3 is 19.7 Å². The predicted octanol–water partition coefficient (Wildman–Crippen LogP) is 3.48. The molecule has 1 atom stereocenters. The minimum atomic E-state index is -3.96. The molecule has 38 heavy (non-hydrogen) atoms. The molecule has 1 N–H and O–H groups in total. The third-order valence-electron chi connectivity index (χ3n) is 6.75. The average molecular weight is 550 g/mol. The molecule has 0 saturated heterocycles. The zero-order valence-corrected chi connectivity index (χ0v) is 23.1. The lowest BCUT2D eigenvalue weighted by Gasteiger charge is -2.33. The Labute approximate surface area is 224 Å². The Morgan fingerprint density at radius 1 is 1.08 bits per heavy atom. The number of methoxy groups -OCH3 is 2. The summed E-state index contributed by atoms with van der Waals surface area (Å²) in [7, 11) is -1.12. The van der Waals surface area contributed by atoms with Gasteiger partial charge in [-0.2, -0.15) is 0 Å². The summed E-state index contributed by atoms with van der Waals surface area (Å²) in [6.07, 6.45) is 5.85. The highest BCUT2D eigenvalue weighted by molar-refractivity contribution is 7.92. The Balaban J connectivity index is 1.93. The molecule has 1 unspecified atom stereocenters. The number of benzene rings is 2. The van der Waals surface area contributed by atoms with Gasteiger partial charge in [-0.3, -0.25) is 13.9 Å². The molecular weight excluding hydrogens is 513 g/mol. The molecule has 9 nitrogen and oxygen atoms in total. The number of anilines is 1. The number of sulfonamides is 1. The summed E-state index contributed by atoms with van der Waals surface area (Å²) < 4.78 is 51.7. The SMILES string of the molecule is COc1ccc(N(CC(=O)N(Cc2ccccc2F)C(C)C(=O)NC2CCCCC2)S(C)(=O)=O)c(OC)c1. The lowest BCUT2D eigenvalue weighted by atomic mass is 9.95. The van der Waals surface area contributed by atoms with Crippen LogP contribution >= 0.6 is 0 Å². The maximum atomic E-state index is 14.6. The first kappa shape index (κ1) is 29.2. The highest BCUT2D eigenvalue weighted by Crippen LogP contribution is 2.33. The number of hydrogen-bond donors (Lipinski definition) is 1. The zero-order chi connectivity index (χ0) is 27.9. The normalized spacial score (nSPS) is 14.9. The van der Waals surface area contributed by atoms with Crippen LogP contribution in [0.25, 0.3) is 0 Å². The molecule has 0 radical (unpaired) electrons. The van der Waals surface area contributed by atoms with Gasteiger partial charge in [0, 0.05) is 24.2 Å². The van der Waals surface area contributed by atoms with E-state index in [0.717, 1.165) is 42.7 Å². The van der Waals surface area contributed by atoms with Crippen LogP contribution in [-0.2, 0) is 26.2 Å². The lowest BCUT2D eigenvalue weighted by molar-refractivity contribution is -0.139. The number of carbonyl (C=O) groups excluding carboxylic acids is 2. The van der Waals surface area contributed by atoms with Crippen LogP contribution in [0.1, 0.15) is 44.6 Å². The summed E-state index contributed by atoms with van der Waals surface area (Å²) in [5.74, 6) is -0.926. The van der Waals surface area contributed by atoms with E-state index in [2.05, 4.69) is 5.32 Å². The van der Waals surface area contributed by atoms with Gasteiger partial charge in [0.25, 0.3) is 0 Å². The van der Waals surface area contributed by atoms with E-state index in [9.17, 15) is 22.4 Å². The molecule has 0 heterocycles. The van der Waals surface area contributed by atoms with E-state index in [1.807, 2.05) is 0 Å². The fourth-order valence-electron chi connectivity index (χ4n) is 4.55. The summed E-state index contributed by atoms with van der Waals surface area (Å²) in [6, 6.07) is 9.56. The van der Waals surface area contributed by atoms with Gasteiger partial charge in [-0.25, -0.2) is 12.8 Å². The van der Waals surface area contributed by atoms with E-state index in [0.29, 0.717) is 5.75 Å². The van der Waals surface area contributed by atoms with Crippen LogP contribution in [0.3, 0.4) is 0 Å². The minimum Gasteiger partial charge on any atom is -0.497 e. The first-order valence-corrected chi connectivity index (χ1v) is 14.4. The second-order valence-corrected chi connectivity index (χ2v) is 11.3. The van der Waals surface area contributed by atoms with Crippen molar-refractivity contribution in [2.24, 2.45) is 0 Å². The van der Waals surface area contributed by atoms with Gasteiger partial charge in [-0.15, -0.1) is 0 Å². The third-order valence-corrected chi connectivity index (χ3v) is 7.88. The van der Waals surface area contributed by atoms with Crippen LogP contribution in [0, 0.1) is 5.82 Å². The molecule has 1 saturated carbocycles. The third kappa shape index (κ3) is 7.37. The molecule has 1 aliphatic carbocycles. The number of rotatable bonds is 11. The maximum Gasteiger partial charge on any atom is 0.244 e. The van der Waals surface area contributed by atoms with Gasteiger partial charge >= 0.3 is 0 Å². The fraction of sp³-hybridized carbons (Fsp3) is 0.481. The Bertz CT molecular complexity index is 1230. The Hall–Kier alpha value is -3.34. The monoisotopic (exact) mass is 549 g/mol. The number of ether oxygens (including phenoxy) is 2. The van der Waals surface area contributed by atoms with Crippen LogP contribution in [0.15, 0.2) is 42.5 Å². The molecule has 2 amide bonds. The standard InChI is InChI=1S/C27H36FN3O6S/c1-19(27(33)29-21-11-6-5-7-12-21)30(17-20-10-8-9-13-23(20)28)26(32)18-31(38(4,34)35)24-15-14-22(36-2)16-25(24)37-3/h8-10,13-16,19,21H,5-7,11-12,17-18H2,1-4H3,(H,29,33). The molecule has 1 fully saturated rings. The van der Waals surface area contributed by atoms with Gasteiger partial charge in [0.1, 0.15) is 29.9 Å². The number of halogens is 1. The van der Waals surface area contributed by atoms with E-state index in [1.54, 1.807) is 19.1 Å². The number of nitrogens with zero attached hydrogens (tertiary/aromatic N) is 2. The maximum absolute atomic E-state index is 14.6. The lowest BCUT2D eigenvalue weighted by Crippen LogP contribution is -2.53. The molecule has 0 bridgehead atoms. The second-order valence-electron chi connectivity index (χ2n) is 9.44. The van der Waals surface area contributed by atoms with E-state index in [-0.39, 0.29) is 35.5 Å². The molecule has 0 spiro atoms. The number of carbonyl (C=O) groups is 2. The molecule has 208 valence electrons. The molecule has 2 aromatic carbocycles. The van der Waals surface area contributed by atoms with Crippen molar-refractivity contribution in [3.63, 3.8) is 0 Å². The molecule has 0 aromatic heterocycles. The van der Waals surface area contributed by atoms with Crippen molar-refractivity contribution in [2.75, 3.05) is 31.3 Å². The van der Waals surface area contributed by atoms with Gasteiger partial charge in [0.2, 0.25) is 21.8 Å². The van der Waals surface area contributed by atoms with Crippen LogP contribution in [0.2, 0.25) is 0 Å². The van der Waals surface area contributed by atoms with Crippen LogP contribution in [0.4, 0.5) is 10.1 Å². The Morgan fingerprint density at radius 2 is 1.76 bits per heavy atom. The van der Waals surface area contributed by atoms with Crippen molar-refractivity contribution in [3.05, 3.63) is 53.8 Å². The molecule has 3 rings (SSSR count). The van der Waals surface area contributed by atoms with Crippen LogP contribution in [-0.4, -0.2) is 64.2 Å². The molecule has 0 aliphatic heterocycles. The highest BCUT2D eigenvalue weighted by Gasteiger charge is 2.32. The summed E-state index contributed by atoms with van der Waals surface area (Å²) in [5, 5.41) is 3.01. The van der Waals surface area contributed by atoms with E-state index in [1.165, 1.54) is 49.5 Å². The van der Waals surface area contributed by atoms with Crippen LogP contribution < -0.4 is 19.1 Å². The fourth-order valence-corrected chi connectivity index (χ4v) is 5.40. The van der Waals surface area contributed by atoms with Gasteiger partial charge in [-0.1, -0.05) is 37.5 Å². The summed E-state index contributed by atoms with van der Waals surface area (Å²) in [5.41, 5.74) is 0.348. The number of hydrogen-bond acceptors (Lipinski definition) is 6. The summed E-state index contributed by atoms with van der Waals surface area (Å²) in [4.78, 5) is 28.1. The van der Waals surface area contributed by atoms with E-state index in [4.69, 9.17) is 9.47 Å². The van der Waals surface area contributed by atoms with Crippen molar-refractivity contribution in [3.8, 4) is 11.5 Å². The van der Waals surface area contributed by atoms with Gasteiger partial charge in [0.15, 0.2) is 0 Å². The Morgan fingerprint density at radius 3 is 2.37 bits per heavy atom. The largest absolute Gasteiger partial charge is 0.497 e. The van der Waals surface area contributed by atoms with Crippen molar-refractivity contribution in [1.82, 2.24) is 10.2 Å². The van der Waals surface area contributed by atoms with Crippen LogP contribution in [0.5, 0.6) is 11.5 Å². The molecule has 11 heteroatoms.